The lowest BCUT2D eigenvalue weighted by Gasteiger charge is -2.16. The van der Waals surface area contributed by atoms with Crippen LogP contribution in [0.15, 0.2) is 78.9 Å². The fourth-order valence-corrected chi connectivity index (χ4v) is 5.21. The second-order valence-electron chi connectivity index (χ2n) is 9.47. The number of alkyl halides is 3. The van der Waals surface area contributed by atoms with E-state index in [0.717, 1.165) is 12.1 Å². The molecule has 1 aliphatic rings. The molecular formula is C31H21ClF3NO5. The van der Waals surface area contributed by atoms with Crippen LogP contribution in [0.25, 0.3) is 22.0 Å². The van der Waals surface area contributed by atoms with Crippen molar-refractivity contribution in [2.75, 3.05) is 6.79 Å². The molecule has 0 spiro atoms. The summed E-state index contributed by atoms with van der Waals surface area (Å²) in [5.74, 6) is 0.264. The van der Waals surface area contributed by atoms with Crippen molar-refractivity contribution in [2.24, 2.45) is 0 Å². The van der Waals surface area contributed by atoms with E-state index in [1.54, 1.807) is 30.3 Å². The summed E-state index contributed by atoms with van der Waals surface area (Å²) < 4.78 is 57.0. The van der Waals surface area contributed by atoms with Gasteiger partial charge in [0.05, 0.1) is 5.56 Å². The molecule has 1 aromatic heterocycles. The number of aromatic carboxylic acids is 1. The van der Waals surface area contributed by atoms with Crippen LogP contribution in [0.2, 0.25) is 5.02 Å². The number of halogens is 4. The monoisotopic (exact) mass is 579 g/mol. The molecule has 4 aromatic carbocycles. The number of benzene rings is 4. The van der Waals surface area contributed by atoms with Gasteiger partial charge in [-0.15, -0.1) is 0 Å². The van der Waals surface area contributed by atoms with Crippen LogP contribution >= 0.6 is 11.6 Å². The molecule has 6 rings (SSSR count). The molecule has 2 heterocycles. The van der Waals surface area contributed by atoms with Crippen LogP contribution in [0.1, 0.15) is 32.7 Å². The van der Waals surface area contributed by atoms with Gasteiger partial charge in [0.1, 0.15) is 18.1 Å². The fourth-order valence-electron chi connectivity index (χ4n) is 4.99. The van der Waals surface area contributed by atoms with E-state index in [-0.39, 0.29) is 25.5 Å². The SMILES string of the molecule is O=C(O)c1[nH]c2ccc(OCc3cccc(C(F)(F)F)c3)c(Cc3cc4c(cc3Cl)OCO4)c2c1-c1ccccc1. The van der Waals surface area contributed by atoms with Gasteiger partial charge in [0, 0.05) is 39.5 Å². The number of ether oxygens (including phenoxy) is 3. The summed E-state index contributed by atoms with van der Waals surface area (Å²) in [6, 6.07) is 20.8. The standard InChI is InChI=1S/C31H21ClF3NO5/c32-22-14-26-25(40-16-41-26)13-19(22)12-21-24(39-15-17-5-4-8-20(11-17)31(33,34)35)10-9-23-28(21)27(29(36-23)30(37)38)18-6-2-1-3-7-18/h1-11,13-14,36H,12,15-16H2,(H,37,38). The maximum Gasteiger partial charge on any atom is 0.416 e. The molecule has 5 aromatic rings. The third kappa shape index (κ3) is 5.16. The smallest absolute Gasteiger partial charge is 0.416 e. The van der Waals surface area contributed by atoms with Gasteiger partial charge in [-0.25, -0.2) is 4.79 Å². The van der Waals surface area contributed by atoms with Gasteiger partial charge in [-0.1, -0.05) is 54.1 Å². The number of hydrogen-bond donors (Lipinski definition) is 2. The van der Waals surface area contributed by atoms with E-state index in [0.29, 0.717) is 61.0 Å². The Bertz CT molecular complexity index is 1780. The van der Waals surface area contributed by atoms with Crippen LogP contribution in [0.5, 0.6) is 17.2 Å². The lowest BCUT2D eigenvalue weighted by atomic mass is 9.94. The Kier molecular flexibility index (Phi) is 6.75. The average Bonchev–Trinajstić information content (AvgIpc) is 3.57. The summed E-state index contributed by atoms with van der Waals surface area (Å²) in [5, 5.41) is 11.1. The zero-order chi connectivity index (χ0) is 28.7. The number of carboxylic acids is 1. The number of fused-ring (bicyclic) bond motifs is 2. The molecule has 1 aliphatic heterocycles. The minimum Gasteiger partial charge on any atom is -0.489 e. The minimum absolute atomic E-state index is 0.000683. The number of aromatic amines is 1. The van der Waals surface area contributed by atoms with E-state index in [1.807, 2.05) is 30.3 Å². The van der Waals surface area contributed by atoms with Crippen molar-refractivity contribution in [3.63, 3.8) is 0 Å². The molecule has 0 unspecified atom stereocenters. The predicted octanol–water partition coefficient (Wildman–Crippen LogP) is 8.10. The third-order valence-corrected chi connectivity index (χ3v) is 7.22. The van der Waals surface area contributed by atoms with Gasteiger partial charge in [-0.2, -0.15) is 13.2 Å². The number of H-pyrrole nitrogens is 1. The van der Waals surface area contributed by atoms with Crippen molar-refractivity contribution in [3.8, 4) is 28.4 Å². The van der Waals surface area contributed by atoms with E-state index in [4.69, 9.17) is 25.8 Å². The van der Waals surface area contributed by atoms with Crippen LogP contribution in [-0.2, 0) is 19.2 Å². The number of rotatable bonds is 7. The molecule has 208 valence electrons. The van der Waals surface area contributed by atoms with Crippen LogP contribution < -0.4 is 14.2 Å². The summed E-state index contributed by atoms with van der Waals surface area (Å²) in [4.78, 5) is 15.3. The van der Waals surface area contributed by atoms with Gasteiger partial charge in [-0.3, -0.25) is 0 Å². The molecule has 0 amide bonds. The summed E-state index contributed by atoms with van der Waals surface area (Å²) in [6.07, 6.45) is -4.28. The van der Waals surface area contributed by atoms with E-state index in [1.165, 1.54) is 6.07 Å². The van der Waals surface area contributed by atoms with Crippen LogP contribution in [-0.4, -0.2) is 22.9 Å². The van der Waals surface area contributed by atoms with Crippen LogP contribution in [0.3, 0.4) is 0 Å². The summed E-state index contributed by atoms with van der Waals surface area (Å²) in [7, 11) is 0. The first-order valence-corrected chi connectivity index (χ1v) is 12.9. The van der Waals surface area contributed by atoms with Gasteiger partial charge in [0.25, 0.3) is 0 Å². The first kappa shape index (κ1) is 26.6. The highest BCUT2D eigenvalue weighted by Gasteiger charge is 2.30. The molecule has 10 heteroatoms. The molecule has 0 saturated heterocycles. The Hall–Kier alpha value is -4.63. The maximum absolute atomic E-state index is 13.3. The summed E-state index contributed by atoms with van der Waals surface area (Å²) in [6.45, 7) is -0.0812. The van der Waals surface area contributed by atoms with E-state index < -0.39 is 17.7 Å². The lowest BCUT2D eigenvalue weighted by molar-refractivity contribution is -0.137. The maximum atomic E-state index is 13.3. The van der Waals surface area contributed by atoms with Crippen molar-refractivity contribution in [1.82, 2.24) is 4.98 Å². The lowest BCUT2D eigenvalue weighted by Crippen LogP contribution is -2.06. The molecule has 41 heavy (non-hydrogen) atoms. The normalized spacial score (nSPS) is 12.6. The molecule has 6 nitrogen and oxygen atoms in total. The first-order chi connectivity index (χ1) is 19.7. The second kappa shape index (κ2) is 10.4. The highest BCUT2D eigenvalue weighted by Crippen LogP contribution is 2.43. The molecule has 0 atom stereocenters. The Morgan fingerprint density at radius 1 is 0.976 bits per heavy atom. The Labute approximate surface area is 236 Å². The number of carbonyl (C=O) groups is 1. The summed E-state index contributed by atoms with van der Waals surface area (Å²) in [5.41, 5.74) is 2.52. The molecular weight excluding hydrogens is 559 g/mol. The van der Waals surface area contributed by atoms with Gasteiger partial charge in [-0.05, 0) is 47.0 Å². The van der Waals surface area contributed by atoms with Gasteiger partial charge in [0.2, 0.25) is 6.79 Å². The average molecular weight is 580 g/mol. The number of hydrogen-bond acceptors (Lipinski definition) is 4. The zero-order valence-electron chi connectivity index (χ0n) is 21.2. The van der Waals surface area contributed by atoms with E-state index >= 15 is 0 Å². The number of aromatic nitrogens is 1. The van der Waals surface area contributed by atoms with Crippen molar-refractivity contribution >= 4 is 28.5 Å². The molecule has 0 fully saturated rings. The quantitative estimate of drug-likeness (QED) is 0.204. The Morgan fingerprint density at radius 2 is 1.73 bits per heavy atom. The van der Waals surface area contributed by atoms with Crippen LogP contribution in [0, 0.1) is 0 Å². The molecule has 0 bridgehead atoms. The highest BCUT2D eigenvalue weighted by molar-refractivity contribution is 6.31. The third-order valence-electron chi connectivity index (χ3n) is 6.86. The number of carboxylic acid groups (broad SMARTS) is 1. The molecule has 2 N–H and O–H groups in total. The number of nitrogens with one attached hydrogen (secondary N) is 1. The topological polar surface area (TPSA) is 80.8 Å². The van der Waals surface area contributed by atoms with E-state index in [2.05, 4.69) is 4.98 Å². The molecule has 0 aliphatic carbocycles. The second-order valence-corrected chi connectivity index (χ2v) is 9.88. The first-order valence-electron chi connectivity index (χ1n) is 12.5. The predicted molar refractivity (Wildman–Crippen MR) is 147 cm³/mol. The fraction of sp³-hybridized carbons (Fsp3) is 0.129. The van der Waals surface area contributed by atoms with Crippen molar-refractivity contribution in [3.05, 3.63) is 112 Å². The van der Waals surface area contributed by atoms with Crippen molar-refractivity contribution in [2.45, 2.75) is 19.2 Å². The zero-order valence-corrected chi connectivity index (χ0v) is 22.0. The molecule has 0 radical (unpaired) electrons. The van der Waals surface area contributed by atoms with Crippen LogP contribution in [0.4, 0.5) is 13.2 Å². The van der Waals surface area contributed by atoms with Gasteiger partial charge >= 0.3 is 12.1 Å². The summed E-state index contributed by atoms with van der Waals surface area (Å²) >= 11 is 6.62. The molecule has 0 saturated carbocycles. The van der Waals surface area contributed by atoms with E-state index in [9.17, 15) is 23.1 Å². The Balaban J connectivity index is 1.51. The highest BCUT2D eigenvalue weighted by atomic mass is 35.5. The van der Waals surface area contributed by atoms with Crippen molar-refractivity contribution < 1.29 is 37.3 Å². The Morgan fingerprint density at radius 3 is 2.46 bits per heavy atom. The largest absolute Gasteiger partial charge is 0.489 e. The van der Waals surface area contributed by atoms with Gasteiger partial charge in [0.15, 0.2) is 11.5 Å². The van der Waals surface area contributed by atoms with Crippen molar-refractivity contribution in [1.29, 1.82) is 0 Å². The minimum atomic E-state index is -4.49. The van der Waals surface area contributed by atoms with Gasteiger partial charge < -0.3 is 24.3 Å².